The SMILES string of the molecule is Cn1nc2n(c1=O)CCC(NC(=O)CCc1ccc(F)c(F)c1)CC2. The first-order valence-corrected chi connectivity index (χ1v) is 8.30. The maximum Gasteiger partial charge on any atom is 0.345 e. The first-order chi connectivity index (χ1) is 11.9. The lowest BCUT2D eigenvalue weighted by atomic mass is 10.1. The molecule has 0 aliphatic carbocycles. The van der Waals surface area contributed by atoms with E-state index in [1.54, 1.807) is 11.6 Å². The molecule has 0 bridgehead atoms. The van der Waals surface area contributed by atoms with E-state index in [1.165, 1.54) is 10.7 Å². The Labute approximate surface area is 143 Å². The third kappa shape index (κ3) is 3.94. The Kier molecular flexibility index (Phi) is 4.96. The number of benzene rings is 1. The van der Waals surface area contributed by atoms with Crippen molar-refractivity contribution < 1.29 is 13.6 Å². The Balaban J connectivity index is 1.52. The van der Waals surface area contributed by atoms with Gasteiger partial charge in [0.2, 0.25) is 5.91 Å². The largest absolute Gasteiger partial charge is 0.353 e. The number of hydrogen-bond donors (Lipinski definition) is 1. The van der Waals surface area contributed by atoms with Crippen LogP contribution in [0.15, 0.2) is 23.0 Å². The normalized spacial score (nSPS) is 17.0. The van der Waals surface area contributed by atoms with Crippen LogP contribution in [0.2, 0.25) is 0 Å². The van der Waals surface area contributed by atoms with Gasteiger partial charge in [-0.05, 0) is 37.0 Å². The predicted octanol–water partition coefficient (Wildman–Crippen LogP) is 1.31. The van der Waals surface area contributed by atoms with Gasteiger partial charge in [0.1, 0.15) is 5.82 Å². The third-order valence-corrected chi connectivity index (χ3v) is 4.49. The smallest absolute Gasteiger partial charge is 0.345 e. The van der Waals surface area contributed by atoms with Crippen LogP contribution in [0.25, 0.3) is 0 Å². The van der Waals surface area contributed by atoms with Crippen molar-refractivity contribution >= 4 is 5.91 Å². The van der Waals surface area contributed by atoms with Crippen LogP contribution in [0.1, 0.15) is 30.7 Å². The first kappa shape index (κ1) is 17.3. The molecule has 2 aromatic rings. The Morgan fingerprint density at radius 3 is 2.88 bits per heavy atom. The molecule has 1 amide bonds. The maximum absolute atomic E-state index is 13.2. The number of carbonyl (C=O) groups excluding carboxylic acids is 1. The van der Waals surface area contributed by atoms with E-state index >= 15 is 0 Å². The highest BCUT2D eigenvalue weighted by atomic mass is 19.2. The Morgan fingerprint density at radius 1 is 1.32 bits per heavy atom. The average Bonchev–Trinajstić information content (AvgIpc) is 2.73. The lowest BCUT2D eigenvalue weighted by Gasteiger charge is -2.16. The quantitative estimate of drug-likeness (QED) is 0.904. The average molecular weight is 350 g/mol. The number of hydrogen-bond acceptors (Lipinski definition) is 3. The van der Waals surface area contributed by atoms with Crippen LogP contribution in [0.5, 0.6) is 0 Å². The molecule has 0 radical (unpaired) electrons. The fraction of sp³-hybridized carbons (Fsp3) is 0.471. The molecule has 0 saturated carbocycles. The maximum atomic E-state index is 13.2. The van der Waals surface area contributed by atoms with Crippen LogP contribution < -0.4 is 11.0 Å². The van der Waals surface area contributed by atoms with Crippen molar-refractivity contribution in [2.75, 3.05) is 0 Å². The minimum Gasteiger partial charge on any atom is -0.353 e. The summed E-state index contributed by atoms with van der Waals surface area (Å²) in [7, 11) is 1.63. The first-order valence-electron chi connectivity index (χ1n) is 8.30. The highest BCUT2D eigenvalue weighted by Crippen LogP contribution is 2.13. The Bertz CT molecular complexity index is 844. The molecule has 1 N–H and O–H groups in total. The zero-order valence-electron chi connectivity index (χ0n) is 14.0. The van der Waals surface area contributed by atoms with E-state index in [2.05, 4.69) is 10.4 Å². The molecule has 8 heteroatoms. The van der Waals surface area contributed by atoms with Gasteiger partial charge in [-0.2, -0.15) is 5.10 Å². The van der Waals surface area contributed by atoms with Crippen LogP contribution in [-0.4, -0.2) is 26.3 Å². The van der Waals surface area contributed by atoms with E-state index in [-0.39, 0.29) is 24.1 Å². The fourth-order valence-corrected chi connectivity index (χ4v) is 3.09. The summed E-state index contributed by atoms with van der Waals surface area (Å²) in [6.45, 7) is 0.524. The number of nitrogens with one attached hydrogen (secondary N) is 1. The second kappa shape index (κ2) is 7.16. The molecule has 1 aliphatic heterocycles. The summed E-state index contributed by atoms with van der Waals surface area (Å²) in [6, 6.07) is 3.63. The monoisotopic (exact) mass is 350 g/mol. The van der Waals surface area contributed by atoms with Gasteiger partial charge in [-0.3, -0.25) is 9.36 Å². The number of amides is 1. The van der Waals surface area contributed by atoms with Gasteiger partial charge in [0, 0.05) is 32.5 Å². The zero-order valence-corrected chi connectivity index (χ0v) is 14.0. The highest BCUT2D eigenvalue weighted by Gasteiger charge is 2.21. The number of rotatable bonds is 4. The van der Waals surface area contributed by atoms with Gasteiger partial charge < -0.3 is 5.32 Å². The van der Waals surface area contributed by atoms with E-state index in [4.69, 9.17) is 0 Å². The van der Waals surface area contributed by atoms with Gasteiger partial charge in [-0.15, -0.1) is 0 Å². The summed E-state index contributed by atoms with van der Waals surface area (Å²) < 4.78 is 29.0. The topological polar surface area (TPSA) is 68.9 Å². The molecule has 134 valence electrons. The van der Waals surface area contributed by atoms with E-state index in [1.807, 2.05) is 0 Å². The second-order valence-electron chi connectivity index (χ2n) is 6.31. The van der Waals surface area contributed by atoms with Crippen LogP contribution in [-0.2, 0) is 31.2 Å². The van der Waals surface area contributed by atoms with E-state index in [0.29, 0.717) is 37.8 Å². The number of aromatic nitrogens is 3. The summed E-state index contributed by atoms with van der Waals surface area (Å²) in [5, 5.41) is 7.16. The minimum absolute atomic E-state index is 0.0242. The molecule has 0 saturated heterocycles. The number of nitrogens with zero attached hydrogens (tertiary/aromatic N) is 3. The van der Waals surface area contributed by atoms with Crippen molar-refractivity contribution in [3.63, 3.8) is 0 Å². The molecule has 25 heavy (non-hydrogen) atoms. The summed E-state index contributed by atoms with van der Waals surface area (Å²) >= 11 is 0. The van der Waals surface area contributed by atoms with Crippen LogP contribution in [0.4, 0.5) is 8.78 Å². The van der Waals surface area contributed by atoms with Gasteiger partial charge >= 0.3 is 5.69 Å². The molecule has 0 spiro atoms. The molecule has 6 nitrogen and oxygen atoms in total. The Hall–Kier alpha value is -2.51. The van der Waals surface area contributed by atoms with Gasteiger partial charge in [0.25, 0.3) is 0 Å². The Morgan fingerprint density at radius 2 is 2.12 bits per heavy atom. The van der Waals surface area contributed by atoms with Gasteiger partial charge in [-0.25, -0.2) is 18.3 Å². The van der Waals surface area contributed by atoms with Gasteiger partial charge in [-0.1, -0.05) is 6.07 Å². The molecule has 2 heterocycles. The van der Waals surface area contributed by atoms with Crippen LogP contribution in [0, 0.1) is 11.6 Å². The molecule has 1 unspecified atom stereocenters. The number of fused-ring (bicyclic) bond motifs is 1. The molecular weight excluding hydrogens is 330 g/mol. The number of carbonyl (C=O) groups is 1. The molecule has 1 aromatic heterocycles. The van der Waals surface area contributed by atoms with Crippen LogP contribution >= 0.6 is 0 Å². The van der Waals surface area contributed by atoms with E-state index < -0.39 is 11.6 Å². The summed E-state index contributed by atoms with van der Waals surface area (Å²) in [5.41, 5.74) is 0.443. The second-order valence-corrected chi connectivity index (χ2v) is 6.31. The molecule has 1 atom stereocenters. The minimum atomic E-state index is -0.905. The van der Waals surface area contributed by atoms with Crippen molar-refractivity contribution in [1.29, 1.82) is 0 Å². The van der Waals surface area contributed by atoms with Gasteiger partial charge in [0.15, 0.2) is 11.6 Å². The summed E-state index contributed by atoms with van der Waals surface area (Å²) in [5.74, 6) is -1.19. The summed E-state index contributed by atoms with van der Waals surface area (Å²) in [4.78, 5) is 24.0. The van der Waals surface area contributed by atoms with Crippen LogP contribution in [0.3, 0.4) is 0 Å². The molecule has 0 fully saturated rings. The predicted molar refractivity (Wildman–Crippen MR) is 87.0 cm³/mol. The third-order valence-electron chi connectivity index (χ3n) is 4.49. The number of aryl methyl sites for hydroxylation is 3. The van der Waals surface area contributed by atoms with E-state index in [0.717, 1.165) is 18.0 Å². The molecule has 3 rings (SSSR count). The van der Waals surface area contributed by atoms with Crippen molar-refractivity contribution in [2.24, 2.45) is 7.05 Å². The molecule has 1 aliphatic rings. The van der Waals surface area contributed by atoms with Crippen molar-refractivity contribution in [2.45, 2.75) is 44.7 Å². The highest BCUT2D eigenvalue weighted by molar-refractivity contribution is 5.76. The standard InChI is InChI=1S/C17H20F2N4O2/c1-22-17(25)23-9-8-12(4-6-15(23)21-22)20-16(24)7-3-11-2-5-13(18)14(19)10-11/h2,5,10,12H,3-4,6-9H2,1H3,(H,20,24). The fourth-order valence-electron chi connectivity index (χ4n) is 3.09. The lowest BCUT2D eigenvalue weighted by molar-refractivity contribution is -0.121. The summed E-state index contributed by atoms with van der Waals surface area (Å²) in [6.07, 6.45) is 2.55. The van der Waals surface area contributed by atoms with E-state index in [9.17, 15) is 18.4 Å². The molecular formula is C17H20F2N4O2. The lowest BCUT2D eigenvalue weighted by Crippen LogP contribution is -2.35. The van der Waals surface area contributed by atoms with Gasteiger partial charge in [0.05, 0.1) is 0 Å². The van der Waals surface area contributed by atoms with Crippen molar-refractivity contribution in [3.8, 4) is 0 Å². The van der Waals surface area contributed by atoms with Crippen molar-refractivity contribution in [3.05, 3.63) is 51.7 Å². The zero-order chi connectivity index (χ0) is 18.0. The number of halogens is 2. The molecule has 1 aromatic carbocycles. The van der Waals surface area contributed by atoms with Crippen molar-refractivity contribution in [1.82, 2.24) is 19.7 Å².